The minimum Gasteiger partial charge on any atom is -0.480 e. The molecule has 0 heterocycles. The molecule has 0 aliphatic heterocycles. The zero-order valence-corrected chi connectivity index (χ0v) is 12.4. The topological polar surface area (TPSA) is 122 Å². The van der Waals surface area contributed by atoms with Gasteiger partial charge in [-0.05, 0) is 25.7 Å². The van der Waals surface area contributed by atoms with Gasteiger partial charge in [-0.3, -0.25) is 4.79 Å². The summed E-state index contributed by atoms with van der Waals surface area (Å²) in [6.07, 6.45) is 2.17. The summed E-state index contributed by atoms with van der Waals surface area (Å²) in [7, 11) is 0. The molecule has 0 bridgehead atoms. The van der Waals surface area contributed by atoms with Gasteiger partial charge in [-0.1, -0.05) is 20.8 Å². The summed E-state index contributed by atoms with van der Waals surface area (Å²) in [6.45, 7) is 5.90. The molecule has 0 aromatic heterocycles. The summed E-state index contributed by atoms with van der Waals surface area (Å²) >= 11 is 0. The normalized spacial score (nSPS) is 12.6. The van der Waals surface area contributed by atoms with Gasteiger partial charge in [0.25, 0.3) is 0 Å². The van der Waals surface area contributed by atoms with Crippen LogP contribution in [0.3, 0.4) is 0 Å². The van der Waals surface area contributed by atoms with Crippen molar-refractivity contribution >= 4 is 17.9 Å². The van der Waals surface area contributed by atoms with Crippen molar-refractivity contribution in [2.75, 3.05) is 0 Å². The Morgan fingerprint density at radius 1 is 1.15 bits per heavy atom. The highest BCUT2D eigenvalue weighted by atomic mass is 16.4. The van der Waals surface area contributed by atoms with Gasteiger partial charge in [-0.15, -0.1) is 0 Å². The van der Waals surface area contributed by atoms with Crippen LogP contribution in [0.15, 0.2) is 0 Å². The van der Waals surface area contributed by atoms with Crippen molar-refractivity contribution in [1.82, 2.24) is 10.6 Å². The molecule has 0 rings (SSSR count). The molecule has 0 unspecified atom stereocenters. The minimum atomic E-state index is -1.18. The van der Waals surface area contributed by atoms with Crippen LogP contribution in [0.1, 0.15) is 52.9 Å². The number of nitrogens with one attached hydrogen (secondary N) is 2. The fraction of sp³-hybridized carbons (Fsp3) is 0.769. The number of carbonyl (C=O) groups is 3. The van der Waals surface area contributed by atoms with Crippen LogP contribution in [0.2, 0.25) is 0 Å². The molecular formula is C13H25N3O4. The Morgan fingerprint density at radius 2 is 1.65 bits per heavy atom. The summed E-state index contributed by atoms with van der Waals surface area (Å²) in [5, 5.41) is 14.2. The van der Waals surface area contributed by atoms with E-state index in [4.69, 9.17) is 10.8 Å². The zero-order valence-electron chi connectivity index (χ0n) is 12.4. The number of rotatable bonds is 9. The molecule has 0 radical (unpaired) electrons. The number of carboxylic acids is 1. The van der Waals surface area contributed by atoms with Crippen molar-refractivity contribution in [3.05, 3.63) is 0 Å². The molecule has 0 aliphatic carbocycles. The van der Waals surface area contributed by atoms with E-state index >= 15 is 0 Å². The van der Waals surface area contributed by atoms with Crippen molar-refractivity contribution in [2.45, 2.75) is 64.5 Å². The number of carboxylic acid groups (broad SMARTS) is 1. The molecule has 0 aliphatic rings. The van der Waals surface area contributed by atoms with Crippen molar-refractivity contribution in [1.29, 1.82) is 0 Å². The summed E-state index contributed by atoms with van der Waals surface area (Å²) in [4.78, 5) is 33.6. The van der Waals surface area contributed by atoms with Crippen molar-refractivity contribution in [2.24, 2.45) is 5.73 Å². The Balaban J connectivity index is 4.60. The van der Waals surface area contributed by atoms with Gasteiger partial charge in [0.1, 0.15) is 6.04 Å². The third-order valence-corrected chi connectivity index (χ3v) is 3.69. The number of hydrogen-bond donors (Lipinski definition) is 4. The number of aliphatic carboxylic acids is 1. The minimum absolute atomic E-state index is 0.0184. The maximum Gasteiger partial charge on any atom is 0.326 e. The second-order valence-electron chi connectivity index (χ2n) is 4.84. The smallest absolute Gasteiger partial charge is 0.326 e. The molecule has 0 spiro atoms. The number of carbonyl (C=O) groups excluding carboxylic acids is 2. The molecule has 7 nitrogen and oxygen atoms in total. The molecule has 0 aromatic carbocycles. The lowest BCUT2D eigenvalue weighted by molar-refractivity contribution is -0.139. The molecular weight excluding hydrogens is 262 g/mol. The Kier molecular flexibility index (Phi) is 7.64. The molecule has 0 saturated heterocycles. The average Bonchev–Trinajstić information content (AvgIpc) is 2.40. The van der Waals surface area contributed by atoms with Gasteiger partial charge in [0.15, 0.2) is 0 Å². The van der Waals surface area contributed by atoms with Crippen LogP contribution in [0.4, 0.5) is 4.79 Å². The lowest BCUT2D eigenvalue weighted by Gasteiger charge is -2.32. The Labute approximate surface area is 119 Å². The highest BCUT2D eigenvalue weighted by Crippen LogP contribution is 2.18. The summed E-state index contributed by atoms with van der Waals surface area (Å²) in [5.41, 5.74) is 4.64. The molecule has 7 heteroatoms. The van der Waals surface area contributed by atoms with E-state index < -0.39 is 23.9 Å². The van der Waals surface area contributed by atoms with Crippen LogP contribution < -0.4 is 16.4 Å². The number of hydrogen-bond acceptors (Lipinski definition) is 3. The average molecular weight is 287 g/mol. The van der Waals surface area contributed by atoms with E-state index in [1.54, 1.807) is 0 Å². The van der Waals surface area contributed by atoms with Gasteiger partial charge in [-0.25, -0.2) is 9.59 Å². The standard InChI is InChI=1S/C13H25N3O4/c1-4-13(5-2,6-3)16-12(20)15-9(11(18)19)7-8-10(14)17/h9H,4-8H2,1-3H3,(H2,14,17)(H,18,19)(H2,15,16,20)/t9-/m0/s1. The predicted molar refractivity (Wildman–Crippen MR) is 75.1 cm³/mol. The van der Waals surface area contributed by atoms with Gasteiger partial charge in [-0.2, -0.15) is 0 Å². The Hall–Kier alpha value is -1.79. The lowest BCUT2D eigenvalue weighted by Crippen LogP contribution is -2.54. The Morgan fingerprint density at radius 3 is 2.00 bits per heavy atom. The fourth-order valence-corrected chi connectivity index (χ4v) is 1.99. The van der Waals surface area contributed by atoms with E-state index in [1.165, 1.54) is 0 Å². The lowest BCUT2D eigenvalue weighted by atomic mass is 9.90. The molecule has 1 atom stereocenters. The summed E-state index contributed by atoms with van der Waals surface area (Å²) in [6, 6.07) is -1.65. The third kappa shape index (κ3) is 5.90. The first-order valence-electron chi connectivity index (χ1n) is 6.90. The first kappa shape index (κ1) is 18.2. The van der Waals surface area contributed by atoms with E-state index in [0.29, 0.717) is 0 Å². The molecule has 3 amide bonds. The van der Waals surface area contributed by atoms with E-state index in [2.05, 4.69) is 10.6 Å². The van der Waals surface area contributed by atoms with Crippen LogP contribution in [0.25, 0.3) is 0 Å². The first-order chi connectivity index (χ1) is 9.30. The zero-order chi connectivity index (χ0) is 15.8. The molecule has 5 N–H and O–H groups in total. The van der Waals surface area contributed by atoms with E-state index in [1.807, 2.05) is 20.8 Å². The summed E-state index contributed by atoms with van der Waals surface area (Å²) in [5.74, 6) is -1.78. The Bertz CT molecular complexity index is 345. The van der Waals surface area contributed by atoms with Gasteiger partial charge >= 0.3 is 12.0 Å². The van der Waals surface area contributed by atoms with E-state index in [9.17, 15) is 14.4 Å². The van der Waals surface area contributed by atoms with Crippen LogP contribution in [0.5, 0.6) is 0 Å². The van der Waals surface area contributed by atoms with E-state index in [0.717, 1.165) is 19.3 Å². The van der Waals surface area contributed by atoms with Crippen molar-refractivity contribution < 1.29 is 19.5 Å². The van der Waals surface area contributed by atoms with Gasteiger partial charge in [0.2, 0.25) is 5.91 Å². The maximum absolute atomic E-state index is 11.9. The molecule has 0 aromatic rings. The number of urea groups is 1. The molecule has 0 saturated carbocycles. The summed E-state index contributed by atoms with van der Waals surface area (Å²) < 4.78 is 0. The van der Waals surface area contributed by atoms with Crippen molar-refractivity contribution in [3.8, 4) is 0 Å². The third-order valence-electron chi connectivity index (χ3n) is 3.69. The van der Waals surface area contributed by atoms with Crippen LogP contribution >= 0.6 is 0 Å². The number of amides is 3. The fourth-order valence-electron chi connectivity index (χ4n) is 1.99. The maximum atomic E-state index is 11.9. The van der Waals surface area contributed by atoms with Gasteiger partial charge < -0.3 is 21.5 Å². The second-order valence-corrected chi connectivity index (χ2v) is 4.84. The quantitative estimate of drug-likeness (QED) is 0.505. The number of primary amides is 1. The molecule has 116 valence electrons. The second kappa shape index (κ2) is 8.39. The molecule has 20 heavy (non-hydrogen) atoms. The highest BCUT2D eigenvalue weighted by Gasteiger charge is 2.28. The first-order valence-corrected chi connectivity index (χ1v) is 6.90. The SMILES string of the molecule is CCC(CC)(CC)NC(=O)N[C@@H](CCC(N)=O)C(=O)O. The highest BCUT2D eigenvalue weighted by molar-refractivity contribution is 5.83. The number of nitrogens with two attached hydrogens (primary N) is 1. The predicted octanol–water partition coefficient (Wildman–Crippen LogP) is 0.973. The van der Waals surface area contributed by atoms with Crippen molar-refractivity contribution in [3.63, 3.8) is 0 Å². The largest absolute Gasteiger partial charge is 0.480 e. The molecule has 0 fully saturated rings. The van der Waals surface area contributed by atoms with Crippen LogP contribution in [-0.2, 0) is 9.59 Å². The monoisotopic (exact) mass is 287 g/mol. The van der Waals surface area contributed by atoms with Gasteiger partial charge in [0, 0.05) is 12.0 Å². The van der Waals surface area contributed by atoms with E-state index in [-0.39, 0.29) is 18.4 Å². The van der Waals surface area contributed by atoms with Crippen LogP contribution in [0, 0.1) is 0 Å². The van der Waals surface area contributed by atoms with Gasteiger partial charge in [0.05, 0.1) is 0 Å². The van der Waals surface area contributed by atoms with Crippen LogP contribution in [-0.4, -0.2) is 34.6 Å².